The van der Waals surface area contributed by atoms with Gasteiger partial charge < -0.3 is 4.90 Å². The van der Waals surface area contributed by atoms with E-state index in [1.165, 1.54) is 29.3 Å². The monoisotopic (exact) mass is 303 g/mol. The van der Waals surface area contributed by atoms with Crippen LogP contribution in [0.1, 0.15) is 33.9 Å². The fraction of sp³-hybridized carbons (Fsp3) is 0.235. The second-order valence-corrected chi connectivity index (χ2v) is 5.70. The van der Waals surface area contributed by atoms with Crippen LogP contribution in [-0.4, -0.2) is 17.9 Å². The summed E-state index contributed by atoms with van der Waals surface area (Å²) in [7, 11) is 1.77. The van der Waals surface area contributed by atoms with Gasteiger partial charge in [-0.3, -0.25) is 4.79 Å². The van der Waals surface area contributed by atoms with Crippen molar-refractivity contribution in [1.29, 1.82) is 0 Å². The maximum Gasteiger partial charge on any atom is 0.255 e. The number of amides is 1. The first-order valence-electron chi connectivity index (χ1n) is 6.88. The molecule has 0 saturated carbocycles. The maximum atomic E-state index is 13.1. The van der Waals surface area contributed by atoms with E-state index in [0.717, 1.165) is 12.8 Å². The van der Waals surface area contributed by atoms with Crippen LogP contribution >= 0.6 is 11.6 Å². The predicted molar refractivity (Wildman–Crippen MR) is 81.0 cm³/mol. The molecule has 0 saturated heterocycles. The van der Waals surface area contributed by atoms with Crippen molar-refractivity contribution >= 4 is 17.5 Å². The first kappa shape index (κ1) is 14.1. The molecule has 1 aliphatic carbocycles. The molecule has 0 aliphatic heterocycles. The Morgan fingerprint density at radius 3 is 2.81 bits per heavy atom. The Hall–Kier alpha value is -1.87. The van der Waals surface area contributed by atoms with Crippen molar-refractivity contribution in [2.75, 3.05) is 7.05 Å². The molecular weight excluding hydrogens is 289 g/mol. The smallest absolute Gasteiger partial charge is 0.255 e. The third kappa shape index (κ3) is 2.54. The number of fused-ring (bicyclic) bond motifs is 1. The molecule has 2 aromatic rings. The van der Waals surface area contributed by atoms with E-state index in [1.54, 1.807) is 11.9 Å². The summed E-state index contributed by atoms with van der Waals surface area (Å²) in [5.41, 5.74) is 2.81. The Labute approximate surface area is 128 Å². The van der Waals surface area contributed by atoms with Crippen LogP contribution in [0.3, 0.4) is 0 Å². The highest BCUT2D eigenvalue weighted by Crippen LogP contribution is 2.36. The molecule has 2 aromatic carbocycles. The minimum Gasteiger partial charge on any atom is -0.335 e. The van der Waals surface area contributed by atoms with Crippen LogP contribution in [0.25, 0.3) is 0 Å². The lowest BCUT2D eigenvalue weighted by atomic mass is 10.1. The molecular formula is C17H15ClFNO. The lowest BCUT2D eigenvalue weighted by Crippen LogP contribution is -2.30. The average molecular weight is 304 g/mol. The molecule has 0 heterocycles. The largest absolute Gasteiger partial charge is 0.335 e. The highest BCUT2D eigenvalue weighted by molar-refractivity contribution is 6.33. The summed E-state index contributed by atoms with van der Waals surface area (Å²) in [4.78, 5) is 14.3. The SMILES string of the molecule is CN(C(=O)c1ccc(F)cc1Cl)[C@@H]1CCc2ccccc21. The van der Waals surface area contributed by atoms with Gasteiger partial charge in [0.15, 0.2) is 0 Å². The molecule has 0 aromatic heterocycles. The number of benzene rings is 2. The topological polar surface area (TPSA) is 20.3 Å². The molecule has 0 unspecified atom stereocenters. The van der Waals surface area contributed by atoms with Crippen molar-refractivity contribution in [2.24, 2.45) is 0 Å². The van der Waals surface area contributed by atoms with Crippen molar-refractivity contribution in [3.63, 3.8) is 0 Å². The summed E-state index contributed by atoms with van der Waals surface area (Å²) in [5, 5.41) is 0.151. The maximum absolute atomic E-state index is 13.1. The first-order chi connectivity index (χ1) is 10.1. The molecule has 0 bridgehead atoms. The van der Waals surface area contributed by atoms with Gasteiger partial charge in [0.1, 0.15) is 5.82 Å². The molecule has 0 spiro atoms. The van der Waals surface area contributed by atoms with Gasteiger partial charge in [-0.15, -0.1) is 0 Å². The third-order valence-electron chi connectivity index (χ3n) is 4.05. The normalized spacial score (nSPS) is 16.6. The summed E-state index contributed by atoms with van der Waals surface area (Å²) >= 11 is 5.99. The zero-order valence-corrected chi connectivity index (χ0v) is 12.4. The van der Waals surface area contributed by atoms with Crippen LogP contribution in [-0.2, 0) is 6.42 Å². The number of aryl methyl sites for hydroxylation is 1. The Morgan fingerprint density at radius 2 is 2.05 bits per heavy atom. The Balaban J connectivity index is 1.89. The van der Waals surface area contributed by atoms with Gasteiger partial charge in [0.05, 0.1) is 16.6 Å². The highest BCUT2D eigenvalue weighted by atomic mass is 35.5. The molecule has 0 fully saturated rings. The fourth-order valence-electron chi connectivity index (χ4n) is 2.93. The van der Waals surface area contributed by atoms with Crippen LogP contribution in [0.4, 0.5) is 4.39 Å². The Morgan fingerprint density at radius 1 is 1.29 bits per heavy atom. The van der Waals surface area contributed by atoms with E-state index in [-0.39, 0.29) is 17.0 Å². The van der Waals surface area contributed by atoms with E-state index in [1.807, 2.05) is 12.1 Å². The van der Waals surface area contributed by atoms with Gasteiger partial charge >= 0.3 is 0 Å². The van der Waals surface area contributed by atoms with Crippen molar-refractivity contribution in [3.05, 3.63) is 70.0 Å². The quantitative estimate of drug-likeness (QED) is 0.812. The Bertz CT molecular complexity index is 701. The number of carbonyl (C=O) groups is 1. The first-order valence-corrected chi connectivity index (χ1v) is 7.25. The standard InChI is InChI=1S/C17H15ClFNO/c1-20(16-9-6-11-4-2-3-5-13(11)16)17(21)14-8-7-12(19)10-15(14)18/h2-5,7-8,10,16H,6,9H2,1H3/t16-/m1/s1. The van der Waals surface area contributed by atoms with E-state index in [0.29, 0.717) is 5.56 Å². The number of hydrogen-bond donors (Lipinski definition) is 0. The summed E-state index contributed by atoms with van der Waals surface area (Å²) < 4.78 is 13.1. The van der Waals surface area contributed by atoms with E-state index in [9.17, 15) is 9.18 Å². The molecule has 21 heavy (non-hydrogen) atoms. The number of nitrogens with zero attached hydrogens (tertiary/aromatic N) is 1. The number of carbonyl (C=O) groups excluding carboxylic acids is 1. The second-order valence-electron chi connectivity index (χ2n) is 5.29. The van der Waals surface area contributed by atoms with Gasteiger partial charge in [-0.25, -0.2) is 4.39 Å². The minimum absolute atomic E-state index is 0.0508. The van der Waals surface area contributed by atoms with Gasteiger partial charge in [-0.05, 0) is 42.2 Å². The molecule has 3 rings (SSSR count). The minimum atomic E-state index is -0.439. The molecule has 0 N–H and O–H groups in total. The van der Waals surface area contributed by atoms with Crippen LogP contribution < -0.4 is 0 Å². The van der Waals surface area contributed by atoms with Gasteiger partial charge in [0.2, 0.25) is 0 Å². The lowest BCUT2D eigenvalue weighted by molar-refractivity contribution is 0.0730. The van der Waals surface area contributed by atoms with Crippen LogP contribution in [0.2, 0.25) is 5.02 Å². The zero-order chi connectivity index (χ0) is 15.0. The van der Waals surface area contributed by atoms with Crippen LogP contribution in [0.5, 0.6) is 0 Å². The van der Waals surface area contributed by atoms with Crippen molar-refractivity contribution in [1.82, 2.24) is 4.90 Å². The van der Waals surface area contributed by atoms with Crippen molar-refractivity contribution < 1.29 is 9.18 Å². The van der Waals surface area contributed by atoms with Crippen molar-refractivity contribution in [3.8, 4) is 0 Å². The average Bonchev–Trinajstić information content (AvgIpc) is 2.90. The molecule has 0 radical (unpaired) electrons. The van der Waals surface area contributed by atoms with Crippen LogP contribution in [0.15, 0.2) is 42.5 Å². The molecule has 1 atom stereocenters. The highest BCUT2D eigenvalue weighted by Gasteiger charge is 2.29. The second kappa shape index (κ2) is 5.49. The summed E-state index contributed by atoms with van der Waals surface area (Å²) in [5.74, 6) is -0.618. The number of hydrogen-bond acceptors (Lipinski definition) is 1. The van der Waals surface area contributed by atoms with E-state index < -0.39 is 5.82 Å². The zero-order valence-electron chi connectivity index (χ0n) is 11.6. The fourth-order valence-corrected chi connectivity index (χ4v) is 3.18. The van der Waals surface area contributed by atoms with Gasteiger partial charge in [-0.1, -0.05) is 35.9 Å². The number of halogens is 2. The van der Waals surface area contributed by atoms with E-state index in [4.69, 9.17) is 11.6 Å². The Kier molecular flexibility index (Phi) is 3.68. The van der Waals surface area contributed by atoms with E-state index >= 15 is 0 Å². The summed E-state index contributed by atoms with van der Waals surface area (Å²) in [6.07, 6.45) is 1.87. The van der Waals surface area contributed by atoms with Gasteiger partial charge in [-0.2, -0.15) is 0 Å². The molecule has 4 heteroatoms. The molecule has 1 aliphatic rings. The van der Waals surface area contributed by atoms with E-state index in [2.05, 4.69) is 12.1 Å². The summed E-state index contributed by atoms with van der Waals surface area (Å²) in [6, 6.07) is 12.1. The third-order valence-corrected chi connectivity index (χ3v) is 4.36. The number of rotatable bonds is 2. The van der Waals surface area contributed by atoms with Gasteiger partial charge in [0, 0.05) is 7.05 Å². The predicted octanol–water partition coefficient (Wildman–Crippen LogP) is 4.24. The van der Waals surface area contributed by atoms with Crippen LogP contribution in [0, 0.1) is 5.82 Å². The molecule has 2 nitrogen and oxygen atoms in total. The summed E-state index contributed by atoms with van der Waals surface area (Å²) in [6.45, 7) is 0. The molecule has 1 amide bonds. The van der Waals surface area contributed by atoms with Crippen molar-refractivity contribution in [2.45, 2.75) is 18.9 Å². The lowest BCUT2D eigenvalue weighted by Gasteiger charge is -2.26. The molecule has 108 valence electrons. The van der Waals surface area contributed by atoms with Gasteiger partial charge in [0.25, 0.3) is 5.91 Å².